The van der Waals surface area contributed by atoms with Crippen LogP contribution in [-0.2, 0) is 0 Å². The molecule has 3 aromatic rings. The number of amides is 1. The minimum atomic E-state index is -0.461. The fourth-order valence-corrected chi connectivity index (χ4v) is 3.64. The normalized spacial score (nSPS) is 14.2. The van der Waals surface area contributed by atoms with Crippen molar-refractivity contribution in [3.8, 4) is 11.3 Å². The molecular formula is C21H17Cl2FN4O. The van der Waals surface area contributed by atoms with Crippen molar-refractivity contribution < 1.29 is 9.18 Å². The van der Waals surface area contributed by atoms with Gasteiger partial charge in [-0.3, -0.25) is 4.79 Å². The highest BCUT2D eigenvalue weighted by atomic mass is 35.5. The van der Waals surface area contributed by atoms with E-state index in [2.05, 4.69) is 14.9 Å². The van der Waals surface area contributed by atoms with Gasteiger partial charge in [0, 0.05) is 42.8 Å². The molecule has 2 aromatic carbocycles. The molecule has 0 atom stereocenters. The van der Waals surface area contributed by atoms with Crippen molar-refractivity contribution in [3.05, 3.63) is 76.3 Å². The predicted octanol–water partition coefficient (Wildman–Crippen LogP) is 4.55. The maximum Gasteiger partial charge on any atom is 0.255 e. The van der Waals surface area contributed by atoms with Crippen LogP contribution in [-0.4, -0.2) is 47.0 Å². The molecule has 0 radical (unpaired) electrons. The molecule has 1 aliphatic rings. The minimum Gasteiger partial charge on any atom is -0.353 e. The Hall–Kier alpha value is -2.70. The molecule has 0 N–H and O–H groups in total. The molecule has 5 nitrogen and oxygen atoms in total. The van der Waals surface area contributed by atoms with Crippen molar-refractivity contribution in [2.45, 2.75) is 0 Å². The van der Waals surface area contributed by atoms with Gasteiger partial charge in [-0.05, 0) is 30.3 Å². The SMILES string of the molecule is O=C(c1ccc(F)cc1Cl)N1CCN(c2cc(-c3ccc(Cl)cc3)ncn2)CC1. The van der Waals surface area contributed by atoms with Crippen molar-refractivity contribution in [1.82, 2.24) is 14.9 Å². The van der Waals surface area contributed by atoms with Crippen molar-refractivity contribution in [2.24, 2.45) is 0 Å². The molecule has 4 rings (SSSR count). The minimum absolute atomic E-state index is 0.126. The zero-order valence-corrected chi connectivity index (χ0v) is 16.9. The summed E-state index contributed by atoms with van der Waals surface area (Å²) in [5.74, 6) is 0.146. The van der Waals surface area contributed by atoms with Crippen molar-refractivity contribution in [1.29, 1.82) is 0 Å². The lowest BCUT2D eigenvalue weighted by molar-refractivity contribution is 0.0746. The molecule has 2 heterocycles. The Morgan fingerprint density at radius 3 is 2.34 bits per heavy atom. The van der Waals surface area contributed by atoms with E-state index < -0.39 is 5.82 Å². The summed E-state index contributed by atoms with van der Waals surface area (Å²) in [6, 6.07) is 13.2. The Morgan fingerprint density at radius 1 is 0.931 bits per heavy atom. The maximum atomic E-state index is 13.2. The average Bonchev–Trinajstić information content (AvgIpc) is 2.74. The summed E-state index contributed by atoms with van der Waals surface area (Å²) in [7, 11) is 0. The summed E-state index contributed by atoms with van der Waals surface area (Å²) in [5, 5.41) is 0.797. The third-order valence-electron chi connectivity index (χ3n) is 4.85. The zero-order chi connectivity index (χ0) is 20.4. The van der Waals surface area contributed by atoms with Crippen LogP contribution in [0.4, 0.5) is 10.2 Å². The molecular weight excluding hydrogens is 414 g/mol. The second kappa shape index (κ2) is 8.35. The molecule has 1 aliphatic heterocycles. The molecule has 0 saturated carbocycles. The van der Waals surface area contributed by atoms with Gasteiger partial charge in [-0.15, -0.1) is 0 Å². The highest BCUT2D eigenvalue weighted by Gasteiger charge is 2.24. The lowest BCUT2D eigenvalue weighted by atomic mass is 10.1. The number of anilines is 1. The fourth-order valence-electron chi connectivity index (χ4n) is 3.27. The number of rotatable bonds is 3. The number of hydrogen-bond acceptors (Lipinski definition) is 4. The lowest BCUT2D eigenvalue weighted by Gasteiger charge is -2.35. The summed E-state index contributed by atoms with van der Waals surface area (Å²) in [6.45, 7) is 2.29. The Bertz CT molecular complexity index is 1040. The molecule has 0 unspecified atom stereocenters. The van der Waals surface area contributed by atoms with Crippen molar-refractivity contribution >= 4 is 34.9 Å². The molecule has 29 heavy (non-hydrogen) atoms. The zero-order valence-electron chi connectivity index (χ0n) is 15.4. The van der Waals surface area contributed by atoms with Crippen LogP contribution in [0.15, 0.2) is 54.9 Å². The van der Waals surface area contributed by atoms with Crippen LogP contribution in [0.2, 0.25) is 10.0 Å². The van der Waals surface area contributed by atoms with Crippen LogP contribution in [0.25, 0.3) is 11.3 Å². The van der Waals surface area contributed by atoms with Gasteiger partial charge < -0.3 is 9.80 Å². The molecule has 1 saturated heterocycles. The molecule has 1 amide bonds. The quantitative estimate of drug-likeness (QED) is 0.611. The topological polar surface area (TPSA) is 49.3 Å². The molecule has 0 spiro atoms. The van der Waals surface area contributed by atoms with E-state index in [1.807, 2.05) is 30.3 Å². The van der Waals surface area contributed by atoms with Crippen molar-refractivity contribution in [3.63, 3.8) is 0 Å². The highest BCUT2D eigenvalue weighted by Crippen LogP contribution is 2.24. The first-order valence-electron chi connectivity index (χ1n) is 9.08. The summed E-state index contributed by atoms with van der Waals surface area (Å²) in [5.41, 5.74) is 2.08. The van der Waals surface area contributed by atoms with Crippen LogP contribution in [0.3, 0.4) is 0 Å². The molecule has 148 valence electrons. The molecule has 0 bridgehead atoms. The maximum absolute atomic E-state index is 13.2. The monoisotopic (exact) mass is 430 g/mol. The first-order chi connectivity index (χ1) is 14.0. The third-order valence-corrected chi connectivity index (χ3v) is 5.41. The van der Waals surface area contributed by atoms with Gasteiger partial charge >= 0.3 is 0 Å². The van der Waals surface area contributed by atoms with E-state index in [1.165, 1.54) is 18.5 Å². The number of halogens is 3. The predicted molar refractivity (Wildman–Crippen MR) is 112 cm³/mol. The lowest BCUT2D eigenvalue weighted by Crippen LogP contribution is -2.49. The van der Waals surface area contributed by atoms with E-state index in [0.29, 0.717) is 36.8 Å². The number of carbonyl (C=O) groups excluding carboxylic acids is 1. The van der Waals surface area contributed by atoms with E-state index in [-0.39, 0.29) is 10.9 Å². The van der Waals surface area contributed by atoms with Gasteiger partial charge in [0.1, 0.15) is 18.0 Å². The first-order valence-corrected chi connectivity index (χ1v) is 9.84. The smallest absolute Gasteiger partial charge is 0.255 e. The number of nitrogens with zero attached hydrogens (tertiary/aromatic N) is 4. The third kappa shape index (κ3) is 4.33. The van der Waals surface area contributed by atoms with Gasteiger partial charge in [0.15, 0.2) is 0 Å². The van der Waals surface area contributed by atoms with Crippen LogP contribution in [0.5, 0.6) is 0 Å². The summed E-state index contributed by atoms with van der Waals surface area (Å²) >= 11 is 12.0. The van der Waals surface area contributed by atoms with Gasteiger partial charge in [-0.1, -0.05) is 35.3 Å². The Kier molecular flexibility index (Phi) is 5.65. The number of carbonyl (C=O) groups is 1. The summed E-state index contributed by atoms with van der Waals surface area (Å²) in [4.78, 5) is 25.3. The van der Waals surface area contributed by atoms with Crippen LogP contribution in [0, 0.1) is 5.82 Å². The van der Waals surface area contributed by atoms with Crippen LogP contribution < -0.4 is 4.90 Å². The van der Waals surface area contributed by atoms with Gasteiger partial charge in [0.05, 0.1) is 16.3 Å². The summed E-state index contributed by atoms with van der Waals surface area (Å²) < 4.78 is 13.2. The van der Waals surface area contributed by atoms with E-state index in [0.717, 1.165) is 23.1 Å². The number of piperazine rings is 1. The van der Waals surface area contributed by atoms with Gasteiger partial charge in [0.2, 0.25) is 0 Å². The van der Waals surface area contributed by atoms with Crippen LogP contribution >= 0.6 is 23.2 Å². The van der Waals surface area contributed by atoms with E-state index >= 15 is 0 Å². The molecule has 1 fully saturated rings. The van der Waals surface area contributed by atoms with E-state index in [9.17, 15) is 9.18 Å². The second-order valence-corrected chi connectivity index (χ2v) is 7.52. The first kappa shape index (κ1) is 19.6. The molecule has 0 aliphatic carbocycles. The average molecular weight is 431 g/mol. The standard InChI is InChI=1S/C21H17Cl2FN4O/c22-15-3-1-14(2-4-15)19-12-20(26-13-25-19)27-7-9-28(10-8-27)21(29)17-6-5-16(24)11-18(17)23/h1-6,11-13H,7-10H2. The number of aromatic nitrogens is 2. The molecule has 8 heteroatoms. The molecule has 1 aromatic heterocycles. The van der Waals surface area contributed by atoms with E-state index in [1.54, 1.807) is 4.90 Å². The fraction of sp³-hybridized carbons (Fsp3) is 0.190. The summed E-state index contributed by atoms with van der Waals surface area (Å²) in [6.07, 6.45) is 1.54. The largest absolute Gasteiger partial charge is 0.353 e. The van der Waals surface area contributed by atoms with Gasteiger partial charge in [-0.25, -0.2) is 14.4 Å². The van der Waals surface area contributed by atoms with E-state index in [4.69, 9.17) is 23.2 Å². The van der Waals surface area contributed by atoms with Gasteiger partial charge in [0.25, 0.3) is 5.91 Å². The Labute approximate surface area is 177 Å². The second-order valence-electron chi connectivity index (χ2n) is 6.67. The Balaban J connectivity index is 1.45. The van der Waals surface area contributed by atoms with Crippen molar-refractivity contribution in [2.75, 3.05) is 31.1 Å². The number of benzene rings is 2. The van der Waals surface area contributed by atoms with Gasteiger partial charge in [-0.2, -0.15) is 0 Å². The van der Waals surface area contributed by atoms with Crippen LogP contribution in [0.1, 0.15) is 10.4 Å². The number of hydrogen-bond donors (Lipinski definition) is 0. The highest BCUT2D eigenvalue weighted by molar-refractivity contribution is 6.33. The Morgan fingerprint density at radius 2 is 1.66 bits per heavy atom.